The first-order chi connectivity index (χ1) is 16.2. The summed E-state index contributed by atoms with van der Waals surface area (Å²) in [5, 5.41) is 2.79. The number of piperidine rings is 1. The van der Waals surface area contributed by atoms with Gasteiger partial charge in [-0.05, 0) is 65.0 Å². The maximum atomic E-state index is 13.5. The van der Waals surface area contributed by atoms with E-state index in [0.29, 0.717) is 30.9 Å². The highest BCUT2D eigenvalue weighted by molar-refractivity contribution is 6.16. The number of ether oxygens (including phenoxy) is 2. The molecule has 4 aliphatic heterocycles. The molecule has 2 amide bonds. The van der Waals surface area contributed by atoms with Gasteiger partial charge in [0, 0.05) is 24.6 Å². The molecule has 190 valence electrons. The van der Waals surface area contributed by atoms with Crippen LogP contribution in [0.4, 0.5) is 18.0 Å². The van der Waals surface area contributed by atoms with Crippen molar-refractivity contribution < 1.29 is 32.2 Å². The second-order valence-corrected chi connectivity index (χ2v) is 11.1. The number of nitrogens with zero attached hydrogens (tertiary/aromatic N) is 3. The number of fused-ring (bicyclic) bond motifs is 1. The van der Waals surface area contributed by atoms with Crippen LogP contribution in [0.3, 0.4) is 0 Å². The molecule has 1 aliphatic carbocycles. The van der Waals surface area contributed by atoms with E-state index in [9.17, 15) is 22.8 Å². The molecule has 0 aromatic carbocycles. The number of rotatable bonds is 2. The summed E-state index contributed by atoms with van der Waals surface area (Å²) in [6, 6.07) is 1.92. The lowest BCUT2D eigenvalue weighted by Crippen LogP contribution is -2.55. The number of aliphatic imine (C=N–C) groups is 1. The van der Waals surface area contributed by atoms with Crippen LogP contribution in [0, 0.1) is 5.92 Å². The topological polar surface area (TPSA) is 93.1 Å². The Labute approximate surface area is 201 Å². The number of amidine groups is 1. The van der Waals surface area contributed by atoms with Crippen molar-refractivity contribution in [1.29, 1.82) is 0 Å². The lowest BCUT2D eigenvalue weighted by molar-refractivity contribution is -0.141. The molecule has 35 heavy (non-hydrogen) atoms. The second kappa shape index (κ2) is 7.65. The predicted octanol–water partition coefficient (Wildman–Crippen LogP) is 3.77. The molecule has 1 aromatic rings. The molecule has 1 spiro atoms. The molecular weight excluding hydrogens is 465 g/mol. The average molecular weight is 495 g/mol. The third-order valence-corrected chi connectivity index (χ3v) is 7.24. The zero-order chi connectivity index (χ0) is 25.4. The molecule has 4 fully saturated rings. The van der Waals surface area contributed by atoms with E-state index in [1.54, 1.807) is 25.7 Å². The largest absolute Gasteiger partial charge is 0.444 e. The highest BCUT2D eigenvalue weighted by Crippen LogP contribution is 2.55. The maximum Gasteiger partial charge on any atom is 0.433 e. The van der Waals surface area contributed by atoms with Gasteiger partial charge in [-0.2, -0.15) is 13.2 Å². The Balaban J connectivity index is 1.45. The molecule has 5 aliphatic rings. The standard InChI is InChI=1S/C24H29F3N4O4/c1-13-9-22(7-8-31(13)20(33)35-21(2,3)4)19(32)29-18(30-22)15-5-6-16(24(25,26)27)28-17(15)23-10-14(11-23)12-34-23/h5-6,13-14H,7-12H2,1-4H3,(H,29,30,32). The Hall–Kier alpha value is -2.69. The minimum Gasteiger partial charge on any atom is -0.444 e. The first kappa shape index (κ1) is 24.0. The predicted molar refractivity (Wildman–Crippen MR) is 119 cm³/mol. The molecule has 5 heterocycles. The number of pyridine rings is 1. The third kappa shape index (κ3) is 4.07. The fourth-order valence-electron chi connectivity index (χ4n) is 5.57. The SMILES string of the molecule is CC1CC2(CCN1C(=O)OC(C)(C)C)N=C(c1ccc(C(F)(F)F)nc1C13CC(CO1)C3)NC2=O. The molecule has 2 bridgehead atoms. The average Bonchev–Trinajstić information content (AvgIpc) is 3.40. The lowest BCUT2D eigenvalue weighted by atomic mass is 9.71. The fraction of sp³-hybridized carbons (Fsp3) is 0.667. The highest BCUT2D eigenvalue weighted by Gasteiger charge is 2.57. The van der Waals surface area contributed by atoms with Gasteiger partial charge in [0.25, 0.3) is 5.91 Å². The van der Waals surface area contributed by atoms with E-state index in [-0.39, 0.29) is 42.9 Å². The summed E-state index contributed by atoms with van der Waals surface area (Å²) in [5.74, 6) is 0.187. The summed E-state index contributed by atoms with van der Waals surface area (Å²) in [5.41, 5.74) is -3.09. The molecule has 1 N–H and O–H groups in total. The highest BCUT2D eigenvalue weighted by atomic mass is 19.4. The van der Waals surface area contributed by atoms with Crippen LogP contribution in [0.15, 0.2) is 17.1 Å². The van der Waals surface area contributed by atoms with Crippen molar-refractivity contribution >= 4 is 17.8 Å². The number of carbonyl (C=O) groups is 2. The normalized spacial score (nSPS) is 32.4. The van der Waals surface area contributed by atoms with Gasteiger partial charge in [-0.25, -0.2) is 9.78 Å². The Morgan fingerprint density at radius 3 is 2.51 bits per heavy atom. The Morgan fingerprint density at radius 1 is 1.23 bits per heavy atom. The Bertz CT molecular complexity index is 1100. The first-order valence-electron chi connectivity index (χ1n) is 11.9. The molecule has 3 saturated heterocycles. The summed E-state index contributed by atoms with van der Waals surface area (Å²) in [6.45, 7) is 7.95. The number of amides is 2. The van der Waals surface area contributed by atoms with Gasteiger partial charge in [-0.15, -0.1) is 0 Å². The van der Waals surface area contributed by atoms with Crippen LogP contribution in [-0.4, -0.2) is 58.1 Å². The van der Waals surface area contributed by atoms with Gasteiger partial charge < -0.3 is 19.7 Å². The van der Waals surface area contributed by atoms with E-state index in [1.807, 2.05) is 6.92 Å². The zero-order valence-corrected chi connectivity index (χ0v) is 20.2. The first-order valence-corrected chi connectivity index (χ1v) is 11.9. The maximum absolute atomic E-state index is 13.5. The van der Waals surface area contributed by atoms with Crippen molar-refractivity contribution in [3.63, 3.8) is 0 Å². The van der Waals surface area contributed by atoms with E-state index >= 15 is 0 Å². The van der Waals surface area contributed by atoms with Gasteiger partial charge in [0.1, 0.15) is 28.3 Å². The quantitative estimate of drug-likeness (QED) is 0.676. The van der Waals surface area contributed by atoms with Gasteiger partial charge in [0.2, 0.25) is 0 Å². The molecule has 1 aromatic heterocycles. The number of likely N-dealkylation sites (tertiary alicyclic amines) is 1. The number of aromatic nitrogens is 1. The Morgan fingerprint density at radius 2 is 1.94 bits per heavy atom. The summed E-state index contributed by atoms with van der Waals surface area (Å²) in [4.78, 5) is 36.0. The van der Waals surface area contributed by atoms with Gasteiger partial charge in [-0.3, -0.25) is 9.79 Å². The van der Waals surface area contributed by atoms with Gasteiger partial charge in [0.05, 0.1) is 12.3 Å². The van der Waals surface area contributed by atoms with Crippen LogP contribution < -0.4 is 5.32 Å². The number of alkyl halides is 3. The van der Waals surface area contributed by atoms with Crippen molar-refractivity contribution in [2.24, 2.45) is 10.9 Å². The van der Waals surface area contributed by atoms with Gasteiger partial charge >= 0.3 is 12.3 Å². The zero-order valence-electron chi connectivity index (χ0n) is 20.2. The molecule has 0 radical (unpaired) electrons. The van der Waals surface area contributed by atoms with Crippen LogP contribution in [0.5, 0.6) is 0 Å². The van der Waals surface area contributed by atoms with E-state index in [1.165, 1.54) is 6.07 Å². The Kier molecular flexibility index (Phi) is 5.25. The molecular formula is C24H29F3N4O4. The molecule has 2 unspecified atom stereocenters. The number of halogens is 3. The van der Waals surface area contributed by atoms with E-state index in [2.05, 4.69) is 10.3 Å². The van der Waals surface area contributed by atoms with Crippen LogP contribution >= 0.6 is 0 Å². The minimum atomic E-state index is -4.60. The van der Waals surface area contributed by atoms with Crippen LogP contribution in [-0.2, 0) is 26.0 Å². The van der Waals surface area contributed by atoms with E-state index in [4.69, 9.17) is 14.5 Å². The van der Waals surface area contributed by atoms with Crippen molar-refractivity contribution in [3.05, 3.63) is 29.1 Å². The number of hydrogen-bond donors (Lipinski definition) is 1. The van der Waals surface area contributed by atoms with Crippen LogP contribution in [0.1, 0.15) is 70.3 Å². The van der Waals surface area contributed by atoms with E-state index < -0.39 is 34.7 Å². The summed E-state index contributed by atoms with van der Waals surface area (Å²) < 4.78 is 51.7. The van der Waals surface area contributed by atoms with Gasteiger partial charge in [0.15, 0.2) is 0 Å². The smallest absolute Gasteiger partial charge is 0.433 e. The number of hydrogen-bond acceptors (Lipinski definition) is 6. The molecule has 2 atom stereocenters. The summed E-state index contributed by atoms with van der Waals surface area (Å²) in [7, 11) is 0. The second-order valence-electron chi connectivity index (χ2n) is 11.1. The van der Waals surface area contributed by atoms with Crippen molar-refractivity contribution in [3.8, 4) is 0 Å². The van der Waals surface area contributed by atoms with Crippen molar-refractivity contribution in [1.82, 2.24) is 15.2 Å². The molecule has 6 rings (SSSR count). The summed E-state index contributed by atoms with van der Waals surface area (Å²) >= 11 is 0. The minimum absolute atomic E-state index is 0.177. The number of nitrogens with one attached hydrogen (secondary N) is 1. The molecule has 1 saturated carbocycles. The number of carbonyl (C=O) groups excluding carboxylic acids is 2. The fourth-order valence-corrected chi connectivity index (χ4v) is 5.57. The van der Waals surface area contributed by atoms with E-state index in [0.717, 1.165) is 6.07 Å². The van der Waals surface area contributed by atoms with Crippen LogP contribution in [0.25, 0.3) is 0 Å². The van der Waals surface area contributed by atoms with Gasteiger partial charge in [-0.1, -0.05) is 0 Å². The van der Waals surface area contributed by atoms with Crippen LogP contribution in [0.2, 0.25) is 0 Å². The van der Waals surface area contributed by atoms with Crippen molar-refractivity contribution in [2.45, 2.75) is 82.3 Å². The van der Waals surface area contributed by atoms with Crippen molar-refractivity contribution in [2.75, 3.05) is 13.2 Å². The lowest BCUT2D eigenvalue weighted by Gasteiger charge is -2.40. The summed E-state index contributed by atoms with van der Waals surface area (Å²) in [6.07, 6.45) is -3.30. The third-order valence-electron chi connectivity index (χ3n) is 7.24. The molecule has 11 heteroatoms. The monoisotopic (exact) mass is 494 g/mol. The molecule has 8 nitrogen and oxygen atoms in total.